The minimum absolute atomic E-state index is 0.0137. The fourth-order valence-corrected chi connectivity index (χ4v) is 2.02. The highest BCUT2D eigenvalue weighted by molar-refractivity contribution is 5.52. The lowest BCUT2D eigenvalue weighted by molar-refractivity contribution is -0.384. The van der Waals surface area contributed by atoms with Gasteiger partial charge in [0, 0.05) is 18.5 Å². The molecular weight excluding hydrogens is 250 g/mol. The average molecular weight is 261 g/mol. The lowest BCUT2D eigenvalue weighted by atomic mass is 10.2. The molecule has 0 bridgehead atoms. The number of hydrogen-bond donors (Lipinski definition) is 0. The number of nitro groups is 1. The van der Waals surface area contributed by atoms with Gasteiger partial charge in [0.05, 0.1) is 18.1 Å². The predicted octanol–water partition coefficient (Wildman–Crippen LogP) is 1.83. The minimum Gasteiger partial charge on any atom is -0.343 e. The number of rotatable bonds is 3. The van der Waals surface area contributed by atoms with Crippen LogP contribution in [-0.2, 0) is 9.47 Å². The van der Waals surface area contributed by atoms with E-state index >= 15 is 0 Å². The molecular formula is C12H11N3O4. The topological polar surface area (TPSA) is 79.4 Å². The van der Waals surface area contributed by atoms with Gasteiger partial charge in [0.15, 0.2) is 5.82 Å². The van der Waals surface area contributed by atoms with Crippen LogP contribution < -0.4 is 0 Å². The molecule has 2 aromatic rings. The minimum atomic E-state index is -0.574. The van der Waals surface area contributed by atoms with Crippen molar-refractivity contribution in [3.63, 3.8) is 0 Å². The van der Waals surface area contributed by atoms with Crippen molar-refractivity contribution in [1.29, 1.82) is 0 Å². The highest BCUT2D eigenvalue weighted by Gasteiger charge is 2.25. The summed E-state index contributed by atoms with van der Waals surface area (Å²) in [6.07, 6.45) is 2.65. The maximum Gasteiger partial charge on any atom is 0.293 e. The number of para-hydroxylation sites is 2. The van der Waals surface area contributed by atoms with Crippen LogP contribution in [0.1, 0.15) is 12.1 Å². The van der Waals surface area contributed by atoms with Gasteiger partial charge in [0.2, 0.25) is 6.29 Å². The normalized spacial score (nSPS) is 15.8. The number of imidazole rings is 1. The molecule has 0 N–H and O–H groups in total. The zero-order valence-corrected chi connectivity index (χ0v) is 9.93. The van der Waals surface area contributed by atoms with E-state index in [0.717, 1.165) is 0 Å². The Kier molecular flexibility index (Phi) is 2.98. The Labute approximate surface area is 108 Å². The van der Waals surface area contributed by atoms with Gasteiger partial charge in [-0.15, -0.1) is 0 Å². The molecule has 0 saturated carbocycles. The van der Waals surface area contributed by atoms with E-state index in [1.807, 2.05) is 0 Å². The van der Waals surface area contributed by atoms with E-state index in [0.29, 0.717) is 24.7 Å². The van der Waals surface area contributed by atoms with Gasteiger partial charge < -0.3 is 9.47 Å². The summed E-state index contributed by atoms with van der Waals surface area (Å²) in [5, 5.41) is 11.1. The van der Waals surface area contributed by atoms with Crippen LogP contribution in [0.2, 0.25) is 0 Å². The van der Waals surface area contributed by atoms with Crippen molar-refractivity contribution in [3.05, 3.63) is 52.6 Å². The van der Waals surface area contributed by atoms with Crippen LogP contribution in [0.4, 0.5) is 5.69 Å². The summed E-state index contributed by atoms with van der Waals surface area (Å²) in [6, 6.07) is 6.48. The van der Waals surface area contributed by atoms with Gasteiger partial charge in [-0.2, -0.15) is 0 Å². The molecule has 1 aromatic carbocycles. The van der Waals surface area contributed by atoms with E-state index in [1.165, 1.54) is 6.07 Å². The number of benzene rings is 1. The van der Waals surface area contributed by atoms with Crippen molar-refractivity contribution in [1.82, 2.24) is 9.55 Å². The molecule has 0 amide bonds. The molecule has 7 nitrogen and oxygen atoms in total. The molecule has 1 aliphatic heterocycles. The number of ether oxygens (including phenoxy) is 2. The van der Waals surface area contributed by atoms with Crippen molar-refractivity contribution in [3.8, 4) is 5.69 Å². The second kappa shape index (κ2) is 4.79. The van der Waals surface area contributed by atoms with Gasteiger partial charge in [-0.3, -0.25) is 14.7 Å². The molecule has 1 saturated heterocycles. The van der Waals surface area contributed by atoms with Crippen LogP contribution in [-0.4, -0.2) is 27.7 Å². The fraction of sp³-hybridized carbons (Fsp3) is 0.250. The summed E-state index contributed by atoms with van der Waals surface area (Å²) in [6.45, 7) is 0.989. The first kappa shape index (κ1) is 11.8. The maximum atomic E-state index is 11.1. The second-order valence-electron chi connectivity index (χ2n) is 3.97. The Balaban J connectivity index is 2.08. The predicted molar refractivity (Wildman–Crippen MR) is 64.9 cm³/mol. The van der Waals surface area contributed by atoms with Crippen molar-refractivity contribution in [2.45, 2.75) is 6.29 Å². The standard InChI is InChI=1S/C12H11N3O4/c16-15(17)10-4-2-1-3-9(10)14-6-5-13-11(14)12-18-7-8-19-12/h1-6,12H,7-8H2. The molecule has 7 heteroatoms. The van der Waals surface area contributed by atoms with Gasteiger partial charge in [0.1, 0.15) is 5.69 Å². The van der Waals surface area contributed by atoms with E-state index in [9.17, 15) is 10.1 Å². The summed E-state index contributed by atoms with van der Waals surface area (Å²) in [4.78, 5) is 14.8. The molecule has 3 rings (SSSR count). The first-order valence-corrected chi connectivity index (χ1v) is 5.77. The number of aromatic nitrogens is 2. The third-order valence-electron chi connectivity index (χ3n) is 2.84. The molecule has 1 aliphatic rings. The zero-order chi connectivity index (χ0) is 13.2. The van der Waals surface area contributed by atoms with E-state index in [1.54, 1.807) is 35.2 Å². The maximum absolute atomic E-state index is 11.1. The van der Waals surface area contributed by atoms with E-state index in [2.05, 4.69) is 4.98 Å². The Hall–Kier alpha value is -2.25. The summed E-state index contributed by atoms with van der Waals surface area (Å²) in [7, 11) is 0. The molecule has 2 heterocycles. The van der Waals surface area contributed by atoms with Gasteiger partial charge in [-0.25, -0.2) is 4.98 Å². The van der Waals surface area contributed by atoms with Crippen molar-refractivity contribution >= 4 is 5.69 Å². The van der Waals surface area contributed by atoms with Crippen LogP contribution in [0.5, 0.6) is 0 Å². The quantitative estimate of drug-likeness (QED) is 0.622. The fourth-order valence-electron chi connectivity index (χ4n) is 2.02. The van der Waals surface area contributed by atoms with Gasteiger partial charge >= 0.3 is 0 Å². The second-order valence-corrected chi connectivity index (χ2v) is 3.97. The summed E-state index contributed by atoms with van der Waals surface area (Å²) < 4.78 is 12.4. The van der Waals surface area contributed by atoms with Crippen LogP contribution in [0, 0.1) is 10.1 Å². The molecule has 0 spiro atoms. The van der Waals surface area contributed by atoms with Gasteiger partial charge in [-0.05, 0) is 6.07 Å². The Morgan fingerprint density at radius 2 is 2.05 bits per heavy atom. The van der Waals surface area contributed by atoms with E-state index in [-0.39, 0.29) is 5.69 Å². The molecule has 19 heavy (non-hydrogen) atoms. The lowest BCUT2D eigenvalue weighted by Crippen LogP contribution is -2.09. The highest BCUT2D eigenvalue weighted by atomic mass is 16.7. The highest BCUT2D eigenvalue weighted by Crippen LogP contribution is 2.28. The summed E-state index contributed by atoms with van der Waals surface area (Å²) >= 11 is 0. The first-order chi connectivity index (χ1) is 9.27. The SMILES string of the molecule is O=[N+]([O-])c1ccccc1-n1ccnc1C1OCCO1. The van der Waals surface area contributed by atoms with Gasteiger partial charge in [-0.1, -0.05) is 12.1 Å². The smallest absolute Gasteiger partial charge is 0.293 e. The van der Waals surface area contributed by atoms with E-state index < -0.39 is 11.2 Å². The Morgan fingerprint density at radius 3 is 2.79 bits per heavy atom. The Bertz CT molecular complexity index is 605. The third kappa shape index (κ3) is 2.09. The monoisotopic (exact) mass is 261 g/mol. The average Bonchev–Trinajstić information content (AvgIpc) is 3.09. The lowest BCUT2D eigenvalue weighted by Gasteiger charge is -2.12. The largest absolute Gasteiger partial charge is 0.343 e. The van der Waals surface area contributed by atoms with Crippen molar-refractivity contribution in [2.75, 3.05) is 13.2 Å². The zero-order valence-electron chi connectivity index (χ0n) is 9.93. The van der Waals surface area contributed by atoms with Crippen LogP contribution in [0.3, 0.4) is 0 Å². The van der Waals surface area contributed by atoms with Crippen LogP contribution >= 0.6 is 0 Å². The number of nitro benzene ring substituents is 1. The summed E-state index contributed by atoms with van der Waals surface area (Å²) in [5.74, 6) is 0.506. The van der Waals surface area contributed by atoms with Crippen molar-refractivity contribution < 1.29 is 14.4 Å². The molecule has 0 radical (unpaired) electrons. The number of hydrogen-bond acceptors (Lipinski definition) is 5. The Morgan fingerprint density at radius 1 is 1.32 bits per heavy atom. The molecule has 1 aromatic heterocycles. The molecule has 0 atom stereocenters. The number of nitrogens with zero attached hydrogens (tertiary/aromatic N) is 3. The summed E-state index contributed by atoms with van der Waals surface area (Å²) in [5.41, 5.74) is 0.457. The van der Waals surface area contributed by atoms with Crippen molar-refractivity contribution in [2.24, 2.45) is 0 Å². The van der Waals surface area contributed by atoms with E-state index in [4.69, 9.17) is 9.47 Å². The molecule has 98 valence electrons. The van der Waals surface area contributed by atoms with Gasteiger partial charge in [0.25, 0.3) is 5.69 Å². The first-order valence-electron chi connectivity index (χ1n) is 5.77. The molecule has 1 fully saturated rings. The van der Waals surface area contributed by atoms with Crippen LogP contribution in [0.15, 0.2) is 36.7 Å². The van der Waals surface area contributed by atoms with Crippen LogP contribution in [0.25, 0.3) is 5.69 Å². The molecule has 0 aliphatic carbocycles. The third-order valence-corrected chi connectivity index (χ3v) is 2.84. The molecule has 0 unspecified atom stereocenters.